The van der Waals surface area contributed by atoms with Crippen LogP contribution in [0.1, 0.15) is 17.4 Å². The normalized spacial score (nSPS) is 11.9. The number of hydrogen-bond donors (Lipinski definition) is 2. The smallest absolute Gasteiger partial charge is 0.354 e. The van der Waals surface area contributed by atoms with Gasteiger partial charge in [0.1, 0.15) is 0 Å². The van der Waals surface area contributed by atoms with E-state index in [9.17, 15) is 14.9 Å². The molecule has 19 heavy (non-hydrogen) atoms. The summed E-state index contributed by atoms with van der Waals surface area (Å²) in [6.07, 6.45) is 1.97. The number of carboxylic acid groups (broad SMARTS) is 1. The van der Waals surface area contributed by atoms with Gasteiger partial charge in [-0.15, -0.1) is 0 Å². The number of aromatic nitrogens is 1. The maximum atomic E-state index is 10.8. The summed E-state index contributed by atoms with van der Waals surface area (Å²) in [5, 5.41) is 22.5. The minimum absolute atomic E-state index is 0.00199. The van der Waals surface area contributed by atoms with Crippen LogP contribution in [0, 0.1) is 16.0 Å². The summed E-state index contributed by atoms with van der Waals surface area (Å²) in [6, 6.07) is 2.27. The van der Waals surface area contributed by atoms with Crippen molar-refractivity contribution in [2.45, 2.75) is 6.92 Å². The van der Waals surface area contributed by atoms with Crippen molar-refractivity contribution in [1.29, 1.82) is 0 Å². The average molecular weight is 285 g/mol. The number of nitro groups is 1. The molecule has 0 amide bonds. The summed E-state index contributed by atoms with van der Waals surface area (Å²) in [5.74, 6) is -0.0165. The van der Waals surface area contributed by atoms with Crippen LogP contribution in [0.5, 0.6) is 0 Å². The van der Waals surface area contributed by atoms with Gasteiger partial charge in [0.15, 0.2) is 5.69 Å². The fraction of sp³-hybridized carbons (Fsp3) is 0.455. The SMILES string of the molecule is CSCC(C)CNc1nc(C(=O)O)ccc1[N+](=O)[O-]. The summed E-state index contributed by atoms with van der Waals surface area (Å²) in [4.78, 5) is 24.8. The van der Waals surface area contributed by atoms with Gasteiger partial charge < -0.3 is 10.4 Å². The van der Waals surface area contributed by atoms with Gasteiger partial charge in [0, 0.05) is 12.6 Å². The van der Waals surface area contributed by atoms with E-state index in [4.69, 9.17) is 5.11 Å². The Bertz CT molecular complexity index is 481. The van der Waals surface area contributed by atoms with Crippen LogP contribution in [0.3, 0.4) is 0 Å². The number of rotatable bonds is 7. The first-order valence-corrected chi connectivity index (χ1v) is 6.96. The molecule has 0 aromatic carbocycles. The van der Waals surface area contributed by atoms with E-state index in [1.165, 1.54) is 0 Å². The van der Waals surface area contributed by atoms with E-state index in [0.717, 1.165) is 17.9 Å². The molecule has 1 unspecified atom stereocenters. The van der Waals surface area contributed by atoms with E-state index in [1.807, 2.05) is 13.2 Å². The lowest BCUT2D eigenvalue weighted by atomic mass is 10.2. The third-order valence-corrected chi connectivity index (χ3v) is 3.26. The van der Waals surface area contributed by atoms with Gasteiger partial charge in [-0.25, -0.2) is 9.78 Å². The maximum Gasteiger partial charge on any atom is 0.354 e. The molecule has 1 atom stereocenters. The molecule has 8 heteroatoms. The molecule has 0 aliphatic heterocycles. The van der Waals surface area contributed by atoms with Crippen molar-refractivity contribution in [3.8, 4) is 0 Å². The Labute approximate surface area is 114 Å². The monoisotopic (exact) mass is 285 g/mol. The van der Waals surface area contributed by atoms with Crippen molar-refractivity contribution in [1.82, 2.24) is 4.98 Å². The van der Waals surface area contributed by atoms with E-state index in [2.05, 4.69) is 10.3 Å². The van der Waals surface area contributed by atoms with Crippen LogP contribution in [0.4, 0.5) is 11.5 Å². The summed E-state index contributed by atoms with van der Waals surface area (Å²) >= 11 is 1.68. The Hall–Kier alpha value is -1.83. The molecule has 104 valence electrons. The number of pyridine rings is 1. The summed E-state index contributed by atoms with van der Waals surface area (Å²) < 4.78 is 0. The highest BCUT2D eigenvalue weighted by molar-refractivity contribution is 7.98. The third kappa shape index (κ3) is 4.40. The van der Waals surface area contributed by atoms with E-state index in [0.29, 0.717) is 12.5 Å². The van der Waals surface area contributed by atoms with E-state index >= 15 is 0 Å². The first kappa shape index (κ1) is 15.2. The highest BCUT2D eigenvalue weighted by Gasteiger charge is 2.18. The molecule has 2 N–H and O–H groups in total. The molecular weight excluding hydrogens is 270 g/mol. The Kier molecular flexibility index (Phi) is 5.56. The van der Waals surface area contributed by atoms with Crippen LogP contribution in [-0.2, 0) is 0 Å². The summed E-state index contributed by atoms with van der Waals surface area (Å²) in [7, 11) is 0. The molecule has 1 aromatic heterocycles. The largest absolute Gasteiger partial charge is 0.477 e. The van der Waals surface area contributed by atoms with E-state index in [-0.39, 0.29) is 17.2 Å². The molecule has 1 rings (SSSR count). The number of nitrogens with zero attached hydrogens (tertiary/aromatic N) is 2. The molecule has 0 spiro atoms. The van der Waals surface area contributed by atoms with Crippen LogP contribution in [-0.4, -0.2) is 39.5 Å². The topological polar surface area (TPSA) is 105 Å². The van der Waals surface area contributed by atoms with Crippen LogP contribution < -0.4 is 5.32 Å². The average Bonchev–Trinajstić information content (AvgIpc) is 2.36. The predicted octanol–water partition coefficient (Wildman–Crippen LogP) is 2.10. The Morgan fingerprint density at radius 3 is 2.84 bits per heavy atom. The van der Waals surface area contributed by atoms with Crippen molar-refractivity contribution in [3.63, 3.8) is 0 Å². The van der Waals surface area contributed by atoms with Gasteiger partial charge in [0.05, 0.1) is 4.92 Å². The maximum absolute atomic E-state index is 10.8. The molecule has 1 heterocycles. The summed E-state index contributed by atoms with van der Waals surface area (Å²) in [6.45, 7) is 2.49. The van der Waals surface area contributed by atoms with Crippen molar-refractivity contribution in [2.24, 2.45) is 5.92 Å². The third-order valence-electron chi connectivity index (χ3n) is 2.36. The highest BCUT2D eigenvalue weighted by atomic mass is 32.2. The first-order valence-electron chi connectivity index (χ1n) is 5.57. The molecule has 0 radical (unpaired) electrons. The van der Waals surface area contributed by atoms with Crippen LogP contribution in [0.2, 0.25) is 0 Å². The Balaban J connectivity index is 2.91. The van der Waals surface area contributed by atoms with Gasteiger partial charge in [0.25, 0.3) is 0 Å². The minimum atomic E-state index is -1.21. The highest BCUT2D eigenvalue weighted by Crippen LogP contribution is 2.22. The number of anilines is 1. The van der Waals surface area contributed by atoms with Gasteiger partial charge in [-0.05, 0) is 24.0 Å². The fourth-order valence-corrected chi connectivity index (χ4v) is 2.15. The molecule has 7 nitrogen and oxygen atoms in total. The fourth-order valence-electron chi connectivity index (χ4n) is 1.46. The lowest BCUT2D eigenvalue weighted by Crippen LogP contribution is -2.16. The number of thioether (sulfide) groups is 1. The van der Waals surface area contributed by atoms with Gasteiger partial charge in [-0.2, -0.15) is 11.8 Å². The zero-order valence-electron chi connectivity index (χ0n) is 10.6. The van der Waals surface area contributed by atoms with Gasteiger partial charge in [-0.3, -0.25) is 10.1 Å². The van der Waals surface area contributed by atoms with E-state index < -0.39 is 10.9 Å². The molecule has 0 aliphatic carbocycles. The molecule has 0 bridgehead atoms. The molecule has 0 aliphatic rings. The second kappa shape index (κ2) is 6.93. The van der Waals surface area contributed by atoms with Gasteiger partial charge in [0.2, 0.25) is 5.82 Å². The Morgan fingerprint density at radius 1 is 1.63 bits per heavy atom. The zero-order chi connectivity index (χ0) is 14.4. The number of carboxylic acids is 1. The molecule has 0 saturated carbocycles. The molecule has 0 saturated heterocycles. The number of nitrogens with one attached hydrogen (secondary N) is 1. The van der Waals surface area contributed by atoms with Crippen molar-refractivity contribution < 1.29 is 14.8 Å². The van der Waals surface area contributed by atoms with Crippen molar-refractivity contribution in [2.75, 3.05) is 23.9 Å². The minimum Gasteiger partial charge on any atom is -0.477 e. The van der Waals surface area contributed by atoms with Crippen molar-refractivity contribution >= 4 is 29.2 Å². The second-order valence-electron chi connectivity index (χ2n) is 4.07. The number of aromatic carboxylic acids is 1. The van der Waals surface area contributed by atoms with E-state index in [1.54, 1.807) is 11.8 Å². The predicted molar refractivity (Wildman–Crippen MR) is 73.9 cm³/mol. The number of hydrogen-bond acceptors (Lipinski definition) is 6. The lowest BCUT2D eigenvalue weighted by Gasteiger charge is -2.12. The number of carbonyl (C=O) groups is 1. The Morgan fingerprint density at radius 2 is 2.32 bits per heavy atom. The molecular formula is C11H15N3O4S. The standard InChI is InChI=1S/C11H15N3O4S/c1-7(6-19-2)5-12-10-9(14(17)18)4-3-8(13-10)11(15)16/h3-4,7H,5-6H2,1-2H3,(H,12,13)(H,15,16). The van der Waals surface area contributed by atoms with Gasteiger partial charge >= 0.3 is 11.7 Å². The quantitative estimate of drug-likeness (QED) is 0.583. The van der Waals surface area contributed by atoms with Crippen LogP contribution >= 0.6 is 11.8 Å². The van der Waals surface area contributed by atoms with Crippen LogP contribution in [0.15, 0.2) is 12.1 Å². The van der Waals surface area contributed by atoms with Gasteiger partial charge in [-0.1, -0.05) is 6.92 Å². The molecule has 1 aromatic rings. The van der Waals surface area contributed by atoms with Crippen molar-refractivity contribution in [3.05, 3.63) is 27.9 Å². The zero-order valence-corrected chi connectivity index (χ0v) is 11.4. The second-order valence-corrected chi connectivity index (χ2v) is 4.98. The summed E-state index contributed by atoms with van der Waals surface area (Å²) in [5.41, 5.74) is -0.438. The molecule has 0 fully saturated rings. The van der Waals surface area contributed by atoms with Crippen LogP contribution in [0.25, 0.3) is 0 Å². The lowest BCUT2D eigenvalue weighted by molar-refractivity contribution is -0.384. The first-order chi connectivity index (χ1) is 8.95.